The number of hydrogen-bond donors (Lipinski definition) is 0. The van der Waals surface area contributed by atoms with Crippen molar-refractivity contribution >= 4 is 54.3 Å². The van der Waals surface area contributed by atoms with Crippen molar-refractivity contribution in [3.05, 3.63) is 145 Å². The smallest absolute Gasteiger partial charge is 0.135 e. The van der Waals surface area contributed by atoms with Gasteiger partial charge in [-0.15, -0.1) is 0 Å². The molecule has 0 N–H and O–H groups in total. The van der Waals surface area contributed by atoms with Gasteiger partial charge in [0.15, 0.2) is 0 Å². The first-order valence-electron chi connectivity index (χ1n) is 13.6. The van der Waals surface area contributed by atoms with E-state index in [9.17, 15) is 0 Å². The molecule has 0 bridgehead atoms. The summed E-state index contributed by atoms with van der Waals surface area (Å²) in [5.41, 5.74) is 6.89. The molecule has 184 valence electrons. The molecule has 0 fully saturated rings. The van der Waals surface area contributed by atoms with Crippen LogP contribution in [0.2, 0.25) is 0 Å². The van der Waals surface area contributed by atoms with Crippen molar-refractivity contribution in [1.29, 1.82) is 0 Å². The fourth-order valence-corrected chi connectivity index (χ4v) is 6.40. The minimum absolute atomic E-state index is 0.264. The summed E-state index contributed by atoms with van der Waals surface area (Å²) in [6.07, 6.45) is 0. The Morgan fingerprint density at radius 2 is 1.00 bits per heavy atom. The van der Waals surface area contributed by atoms with Crippen LogP contribution >= 0.6 is 0 Å². The molecule has 8 aromatic rings. The third-order valence-electron chi connectivity index (χ3n) is 8.37. The highest BCUT2D eigenvalue weighted by atomic mass is 16.3. The summed E-state index contributed by atoms with van der Waals surface area (Å²) in [5, 5.41) is 10.2. The van der Waals surface area contributed by atoms with E-state index in [2.05, 4.69) is 140 Å². The molecule has 0 amide bonds. The van der Waals surface area contributed by atoms with Crippen LogP contribution in [-0.2, 0) is 0 Å². The van der Waals surface area contributed by atoms with Crippen molar-refractivity contribution < 1.29 is 4.42 Å². The molecule has 0 aliphatic carbocycles. The first kappa shape index (κ1) is 22.1. The fourth-order valence-electron chi connectivity index (χ4n) is 6.40. The monoisotopic (exact) mass is 498 g/mol. The predicted molar refractivity (Wildman–Crippen MR) is 166 cm³/mol. The third-order valence-corrected chi connectivity index (χ3v) is 8.37. The van der Waals surface area contributed by atoms with Crippen molar-refractivity contribution in [2.75, 3.05) is 0 Å². The molecular formula is C38H26O. The molecule has 0 aliphatic heterocycles. The summed E-state index contributed by atoms with van der Waals surface area (Å²) in [4.78, 5) is 0. The average molecular weight is 499 g/mol. The lowest BCUT2D eigenvalue weighted by molar-refractivity contribution is 0.668. The lowest BCUT2D eigenvalue weighted by Crippen LogP contribution is -1.96. The van der Waals surface area contributed by atoms with Gasteiger partial charge in [0, 0.05) is 16.7 Å². The zero-order valence-electron chi connectivity index (χ0n) is 21.7. The van der Waals surface area contributed by atoms with Gasteiger partial charge in [0.1, 0.15) is 11.2 Å². The summed E-state index contributed by atoms with van der Waals surface area (Å²) >= 11 is 0. The Bertz CT molecular complexity index is 2150. The van der Waals surface area contributed by atoms with Crippen LogP contribution in [0.3, 0.4) is 0 Å². The molecule has 1 unspecified atom stereocenters. The van der Waals surface area contributed by atoms with Gasteiger partial charge < -0.3 is 4.42 Å². The van der Waals surface area contributed by atoms with Gasteiger partial charge >= 0.3 is 0 Å². The minimum Gasteiger partial charge on any atom is -0.456 e. The van der Waals surface area contributed by atoms with Gasteiger partial charge in [-0.1, -0.05) is 116 Å². The van der Waals surface area contributed by atoms with Gasteiger partial charge in [0.05, 0.1) is 0 Å². The van der Waals surface area contributed by atoms with Crippen molar-refractivity contribution in [2.45, 2.75) is 12.8 Å². The molecule has 0 saturated carbocycles. The van der Waals surface area contributed by atoms with Crippen LogP contribution in [0.25, 0.3) is 65.4 Å². The van der Waals surface area contributed by atoms with Crippen molar-refractivity contribution in [2.24, 2.45) is 0 Å². The molecule has 0 saturated heterocycles. The molecule has 8 rings (SSSR count). The van der Waals surface area contributed by atoms with Gasteiger partial charge in [-0.3, -0.25) is 0 Å². The van der Waals surface area contributed by atoms with Crippen LogP contribution in [-0.4, -0.2) is 0 Å². The molecule has 1 aromatic heterocycles. The van der Waals surface area contributed by atoms with E-state index in [4.69, 9.17) is 4.42 Å². The number of rotatable bonds is 3. The van der Waals surface area contributed by atoms with E-state index in [1.54, 1.807) is 0 Å². The van der Waals surface area contributed by atoms with Crippen molar-refractivity contribution in [1.82, 2.24) is 0 Å². The molecule has 0 radical (unpaired) electrons. The minimum atomic E-state index is 0.264. The average Bonchev–Trinajstić information content (AvgIpc) is 3.39. The van der Waals surface area contributed by atoms with Gasteiger partial charge in [-0.05, 0) is 78.8 Å². The second-order valence-electron chi connectivity index (χ2n) is 10.5. The second kappa shape index (κ2) is 8.58. The summed E-state index contributed by atoms with van der Waals surface area (Å²) in [7, 11) is 0. The Labute approximate surface area is 226 Å². The van der Waals surface area contributed by atoms with E-state index >= 15 is 0 Å². The molecule has 7 aromatic carbocycles. The highest BCUT2D eigenvalue weighted by molar-refractivity contribution is 6.25. The Morgan fingerprint density at radius 1 is 0.436 bits per heavy atom. The van der Waals surface area contributed by atoms with E-state index < -0.39 is 0 Å². The van der Waals surface area contributed by atoms with Crippen LogP contribution in [0.15, 0.2) is 138 Å². The topological polar surface area (TPSA) is 13.1 Å². The molecule has 0 spiro atoms. The molecule has 39 heavy (non-hydrogen) atoms. The SMILES string of the molecule is CC(c1ccccc1)c1cccc2oc3ccc(-c4ccc5c6ccccc6c6ccccc6c5c4)cc3c12. The zero-order valence-corrected chi connectivity index (χ0v) is 21.7. The van der Waals surface area contributed by atoms with Gasteiger partial charge in [0.2, 0.25) is 0 Å². The van der Waals surface area contributed by atoms with Crippen LogP contribution < -0.4 is 0 Å². The molecule has 1 heterocycles. The van der Waals surface area contributed by atoms with Crippen LogP contribution in [0, 0.1) is 0 Å². The third kappa shape index (κ3) is 3.40. The number of fused-ring (bicyclic) bond motifs is 9. The number of benzene rings is 7. The Balaban J connectivity index is 1.36. The molecule has 1 nitrogen and oxygen atoms in total. The van der Waals surface area contributed by atoms with Crippen molar-refractivity contribution in [3.63, 3.8) is 0 Å². The Morgan fingerprint density at radius 3 is 1.69 bits per heavy atom. The van der Waals surface area contributed by atoms with Crippen molar-refractivity contribution in [3.8, 4) is 11.1 Å². The van der Waals surface area contributed by atoms with Gasteiger partial charge in [-0.2, -0.15) is 0 Å². The number of furan rings is 1. The van der Waals surface area contributed by atoms with E-state index in [0.717, 1.165) is 11.2 Å². The fraction of sp³-hybridized carbons (Fsp3) is 0.0526. The summed E-state index contributed by atoms with van der Waals surface area (Å²) in [6, 6.07) is 48.2. The van der Waals surface area contributed by atoms with E-state index in [-0.39, 0.29) is 5.92 Å². The Hall–Kier alpha value is -4.88. The predicted octanol–water partition coefficient (Wildman–Crippen LogP) is 10.9. The quantitative estimate of drug-likeness (QED) is 0.221. The van der Waals surface area contributed by atoms with Gasteiger partial charge in [-0.25, -0.2) is 0 Å². The normalized spacial score (nSPS) is 12.6. The largest absolute Gasteiger partial charge is 0.456 e. The van der Waals surface area contributed by atoms with Crippen LogP contribution in [0.1, 0.15) is 24.0 Å². The molecule has 0 aliphatic rings. The van der Waals surface area contributed by atoms with Crippen LogP contribution in [0.5, 0.6) is 0 Å². The summed E-state index contributed by atoms with van der Waals surface area (Å²) < 4.78 is 6.35. The maximum Gasteiger partial charge on any atom is 0.135 e. The van der Waals surface area contributed by atoms with E-state index in [1.165, 1.54) is 65.3 Å². The first-order chi connectivity index (χ1) is 19.3. The highest BCUT2D eigenvalue weighted by Crippen LogP contribution is 2.40. The second-order valence-corrected chi connectivity index (χ2v) is 10.5. The van der Waals surface area contributed by atoms with Gasteiger partial charge in [0.25, 0.3) is 0 Å². The first-order valence-corrected chi connectivity index (χ1v) is 13.6. The maximum atomic E-state index is 6.35. The maximum absolute atomic E-state index is 6.35. The molecular weight excluding hydrogens is 472 g/mol. The van der Waals surface area contributed by atoms with E-state index in [0.29, 0.717) is 0 Å². The number of hydrogen-bond acceptors (Lipinski definition) is 1. The standard InChI is InChI=1S/C38H26O/c1-24(25-10-3-2-4-11-25)28-16-9-17-37-38(28)35-23-27(19-21-36(35)39-37)26-18-20-33-31-14-6-5-12-29(31)30-13-7-8-15-32(30)34(33)22-26/h2-24H,1H3. The molecule has 1 heteroatoms. The summed E-state index contributed by atoms with van der Waals surface area (Å²) in [6.45, 7) is 2.28. The summed E-state index contributed by atoms with van der Waals surface area (Å²) in [5.74, 6) is 0.264. The molecule has 1 atom stereocenters. The Kier molecular flexibility index (Phi) is 4.87. The van der Waals surface area contributed by atoms with E-state index in [1.807, 2.05) is 0 Å². The highest BCUT2D eigenvalue weighted by Gasteiger charge is 2.17. The zero-order chi connectivity index (χ0) is 25.9. The lowest BCUT2D eigenvalue weighted by atomic mass is 9.89. The van der Waals surface area contributed by atoms with Crippen LogP contribution in [0.4, 0.5) is 0 Å². The lowest BCUT2D eigenvalue weighted by Gasteiger charge is -2.14.